The van der Waals surface area contributed by atoms with E-state index in [1.54, 1.807) is 30.3 Å². The standard InChI is InChI=1S/C21H22N4O4/c22-18-14(7-9-16(27)19(18)23)15-8-10-17(20(24)21(15)25-28)29-11-1-2-12-3-5-13(26)6-4-12/h3-10,26-27H,1-2,11,22-24H2. The molecule has 0 unspecified atom stereocenters. The van der Waals surface area contributed by atoms with E-state index in [-0.39, 0.29) is 34.2 Å². The Balaban J connectivity index is 1.76. The number of ether oxygens (including phenoxy) is 1. The summed E-state index contributed by atoms with van der Waals surface area (Å²) in [6, 6.07) is 13.2. The maximum atomic E-state index is 11.5. The molecule has 0 aliphatic rings. The van der Waals surface area contributed by atoms with E-state index < -0.39 is 0 Å². The number of nitroso groups, excluding NO2 is 1. The van der Waals surface area contributed by atoms with Gasteiger partial charge in [-0.3, -0.25) is 0 Å². The second-order valence-corrected chi connectivity index (χ2v) is 6.54. The molecule has 0 heterocycles. The van der Waals surface area contributed by atoms with E-state index >= 15 is 0 Å². The minimum Gasteiger partial charge on any atom is -0.508 e. The van der Waals surface area contributed by atoms with Crippen LogP contribution in [-0.2, 0) is 6.42 Å². The van der Waals surface area contributed by atoms with E-state index in [0.29, 0.717) is 23.5 Å². The van der Waals surface area contributed by atoms with Crippen LogP contribution in [0, 0.1) is 4.91 Å². The molecule has 0 radical (unpaired) electrons. The fourth-order valence-corrected chi connectivity index (χ4v) is 3.01. The average Bonchev–Trinajstić information content (AvgIpc) is 2.72. The van der Waals surface area contributed by atoms with Gasteiger partial charge in [0, 0.05) is 11.1 Å². The van der Waals surface area contributed by atoms with Gasteiger partial charge in [0.15, 0.2) is 0 Å². The number of benzene rings is 3. The van der Waals surface area contributed by atoms with Gasteiger partial charge in [-0.15, -0.1) is 4.91 Å². The molecule has 0 amide bonds. The molecule has 150 valence electrons. The van der Waals surface area contributed by atoms with E-state index in [2.05, 4.69) is 5.18 Å². The summed E-state index contributed by atoms with van der Waals surface area (Å²) in [4.78, 5) is 11.5. The van der Waals surface area contributed by atoms with Crippen LogP contribution in [-0.4, -0.2) is 16.8 Å². The minimum atomic E-state index is -0.145. The summed E-state index contributed by atoms with van der Waals surface area (Å²) in [5.74, 6) is 0.426. The Bertz CT molecular complexity index is 1040. The van der Waals surface area contributed by atoms with Crippen molar-refractivity contribution in [1.82, 2.24) is 0 Å². The number of aromatic hydroxyl groups is 2. The molecule has 0 fully saturated rings. The minimum absolute atomic E-state index is 0.00201. The first-order valence-electron chi connectivity index (χ1n) is 8.96. The molecule has 0 aromatic heterocycles. The van der Waals surface area contributed by atoms with Crippen LogP contribution in [0.25, 0.3) is 11.1 Å². The lowest BCUT2D eigenvalue weighted by molar-refractivity contribution is 0.313. The number of nitrogens with zero attached hydrogens (tertiary/aromatic N) is 1. The van der Waals surface area contributed by atoms with Crippen LogP contribution in [0.15, 0.2) is 53.7 Å². The van der Waals surface area contributed by atoms with Crippen molar-refractivity contribution in [2.45, 2.75) is 12.8 Å². The third kappa shape index (κ3) is 4.16. The average molecular weight is 394 g/mol. The van der Waals surface area contributed by atoms with Crippen LogP contribution in [0.4, 0.5) is 22.7 Å². The Morgan fingerprint density at radius 3 is 2.21 bits per heavy atom. The van der Waals surface area contributed by atoms with Crippen molar-refractivity contribution in [3.8, 4) is 28.4 Å². The summed E-state index contributed by atoms with van der Waals surface area (Å²) in [5.41, 5.74) is 20.0. The summed E-state index contributed by atoms with van der Waals surface area (Å²) in [5, 5.41) is 22.0. The van der Waals surface area contributed by atoms with E-state index in [1.807, 2.05) is 12.1 Å². The highest BCUT2D eigenvalue weighted by atomic mass is 16.5. The highest BCUT2D eigenvalue weighted by molar-refractivity contribution is 5.95. The lowest BCUT2D eigenvalue weighted by Gasteiger charge is -2.15. The summed E-state index contributed by atoms with van der Waals surface area (Å²) < 4.78 is 5.72. The molecule has 8 heteroatoms. The fourth-order valence-electron chi connectivity index (χ4n) is 3.01. The van der Waals surface area contributed by atoms with Crippen LogP contribution in [0.5, 0.6) is 17.2 Å². The SMILES string of the molecule is Nc1c(O)ccc(-c2ccc(OCCCc3ccc(O)cc3)c(N)c2N=O)c1N. The van der Waals surface area contributed by atoms with E-state index in [9.17, 15) is 15.1 Å². The number of hydrogen-bond acceptors (Lipinski definition) is 8. The van der Waals surface area contributed by atoms with Crippen molar-refractivity contribution in [2.75, 3.05) is 23.8 Å². The Labute approximate surface area is 167 Å². The van der Waals surface area contributed by atoms with Gasteiger partial charge in [0.25, 0.3) is 0 Å². The highest BCUT2D eigenvalue weighted by Crippen LogP contribution is 2.45. The van der Waals surface area contributed by atoms with Gasteiger partial charge in [-0.1, -0.05) is 12.1 Å². The van der Waals surface area contributed by atoms with Gasteiger partial charge in [0.05, 0.1) is 18.0 Å². The first kappa shape index (κ1) is 19.8. The normalized spacial score (nSPS) is 10.6. The summed E-state index contributed by atoms with van der Waals surface area (Å²) in [6.07, 6.45) is 1.48. The zero-order valence-electron chi connectivity index (χ0n) is 15.6. The van der Waals surface area contributed by atoms with Crippen LogP contribution in [0.1, 0.15) is 12.0 Å². The van der Waals surface area contributed by atoms with Gasteiger partial charge in [-0.05, 0) is 60.0 Å². The monoisotopic (exact) mass is 394 g/mol. The number of nitrogen functional groups attached to an aromatic ring is 3. The third-order valence-electron chi connectivity index (χ3n) is 4.63. The number of phenolic OH excluding ortho intramolecular Hbond substituents is 2. The highest BCUT2D eigenvalue weighted by Gasteiger charge is 2.18. The zero-order chi connectivity index (χ0) is 21.0. The Morgan fingerprint density at radius 2 is 1.52 bits per heavy atom. The maximum absolute atomic E-state index is 11.5. The molecule has 0 saturated carbocycles. The summed E-state index contributed by atoms with van der Waals surface area (Å²) in [6.45, 7) is 0.386. The molecule has 0 bridgehead atoms. The van der Waals surface area contributed by atoms with Gasteiger partial charge in [-0.25, -0.2) is 0 Å². The quantitative estimate of drug-likeness (QED) is 0.176. The molecule has 8 N–H and O–H groups in total. The van der Waals surface area contributed by atoms with Gasteiger partial charge in [-0.2, -0.15) is 0 Å². The lowest BCUT2D eigenvalue weighted by Crippen LogP contribution is -2.03. The Morgan fingerprint density at radius 1 is 0.828 bits per heavy atom. The molecular weight excluding hydrogens is 372 g/mol. The van der Waals surface area contributed by atoms with E-state index in [4.69, 9.17) is 21.9 Å². The summed E-state index contributed by atoms with van der Waals surface area (Å²) in [7, 11) is 0. The van der Waals surface area contributed by atoms with Crippen molar-refractivity contribution < 1.29 is 14.9 Å². The molecule has 0 aliphatic carbocycles. The molecule has 0 spiro atoms. The third-order valence-corrected chi connectivity index (χ3v) is 4.63. The van der Waals surface area contributed by atoms with Gasteiger partial charge >= 0.3 is 0 Å². The van der Waals surface area contributed by atoms with Crippen LogP contribution in [0.2, 0.25) is 0 Å². The number of phenols is 2. The van der Waals surface area contributed by atoms with Crippen LogP contribution >= 0.6 is 0 Å². The number of aryl methyl sites for hydroxylation is 1. The van der Waals surface area contributed by atoms with Crippen molar-refractivity contribution in [3.05, 3.63) is 59.0 Å². The van der Waals surface area contributed by atoms with Crippen molar-refractivity contribution in [1.29, 1.82) is 0 Å². The molecule has 3 rings (SSSR count). The van der Waals surface area contributed by atoms with Gasteiger partial charge in [0.2, 0.25) is 0 Å². The Hall–Kier alpha value is -3.94. The molecule has 3 aromatic rings. The van der Waals surface area contributed by atoms with E-state index in [0.717, 1.165) is 18.4 Å². The van der Waals surface area contributed by atoms with Crippen LogP contribution in [0.3, 0.4) is 0 Å². The molecule has 0 aliphatic heterocycles. The molecule has 29 heavy (non-hydrogen) atoms. The van der Waals surface area contributed by atoms with Crippen LogP contribution < -0.4 is 21.9 Å². The smallest absolute Gasteiger partial charge is 0.144 e. The second kappa shape index (κ2) is 8.39. The van der Waals surface area contributed by atoms with E-state index in [1.165, 1.54) is 6.07 Å². The first-order chi connectivity index (χ1) is 13.9. The number of anilines is 3. The number of rotatable bonds is 7. The summed E-state index contributed by atoms with van der Waals surface area (Å²) >= 11 is 0. The van der Waals surface area contributed by atoms with Crippen molar-refractivity contribution in [2.24, 2.45) is 5.18 Å². The maximum Gasteiger partial charge on any atom is 0.144 e. The topological polar surface area (TPSA) is 157 Å². The number of nitrogens with two attached hydrogens (primary N) is 3. The molecular formula is C21H22N4O4. The van der Waals surface area contributed by atoms with Gasteiger partial charge in [0.1, 0.15) is 28.6 Å². The second-order valence-electron chi connectivity index (χ2n) is 6.54. The molecule has 3 aromatic carbocycles. The number of hydrogen-bond donors (Lipinski definition) is 5. The first-order valence-corrected chi connectivity index (χ1v) is 8.96. The largest absolute Gasteiger partial charge is 0.508 e. The predicted molar refractivity (Wildman–Crippen MR) is 114 cm³/mol. The van der Waals surface area contributed by atoms with Gasteiger partial charge < -0.3 is 32.2 Å². The fraction of sp³-hybridized carbons (Fsp3) is 0.143. The molecule has 8 nitrogen and oxygen atoms in total. The Kier molecular flexibility index (Phi) is 5.73. The van der Waals surface area contributed by atoms with Crippen molar-refractivity contribution >= 4 is 22.7 Å². The molecule has 0 atom stereocenters. The van der Waals surface area contributed by atoms with Crippen molar-refractivity contribution in [3.63, 3.8) is 0 Å². The zero-order valence-corrected chi connectivity index (χ0v) is 15.6. The predicted octanol–water partition coefficient (Wildman–Crippen LogP) is 3.92. The molecule has 0 saturated heterocycles. The lowest BCUT2D eigenvalue weighted by atomic mass is 9.99.